The van der Waals surface area contributed by atoms with Gasteiger partial charge >= 0.3 is 0 Å². The zero-order valence-electron chi connectivity index (χ0n) is 10.3. The van der Waals surface area contributed by atoms with Crippen molar-refractivity contribution in [3.05, 3.63) is 0 Å². The summed E-state index contributed by atoms with van der Waals surface area (Å²) in [4.78, 5) is 14.5. The molecule has 92 valence electrons. The maximum atomic E-state index is 12.3. The maximum Gasteiger partial charge on any atom is 0.161 e. The summed E-state index contributed by atoms with van der Waals surface area (Å²) in [7, 11) is 1.58. The molecule has 1 unspecified atom stereocenters. The van der Waals surface area contributed by atoms with E-state index in [2.05, 4.69) is 18.7 Å². The number of carbonyl (C=O) groups excluding carboxylic acids is 1. The van der Waals surface area contributed by atoms with Crippen LogP contribution < -0.4 is 0 Å². The number of aliphatic hydroxyl groups is 1. The number of methoxy groups -OCH3 is 1. The number of carbonyl (C=O) groups is 1. The second-order valence-electron chi connectivity index (χ2n) is 5.64. The fraction of sp³-hybridized carbons (Fsp3) is 0.917. The van der Waals surface area contributed by atoms with Gasteiger partial charge in [0.1, 0.15) is 5.54 Å². The largest absolute Gasteiger partial charge is 0.394 e. The fourth-order valence-corrected chi connectivity index (χ4v) is 3.53. The van der Waals surface area contributed by atoms with Gasteiger partial charge in [-0.2, -0.15) is 0 Å². The molecule has 3 aliphatic rings. The number of Topliss-reactive ketones (excluding diaryl/α,β-unsaturated/α-hetero) is 1. The molecule has 0 radical (unpaired) electrons. The van der Waals surface area contributed by atoms with Gasteiger partial charge in [-0.1, -0.05) is 0 Å². The quantitative estimate of drug-likeness (QED) is 0.760. The van der Waals surface area contributed by atoms with Gasteiger partial charge in [0.15, 0.2) is 5.78 Å². The lowest BCUT2D eigenvalue weighted by molar-refractivity contribution is -0.176. The van der Waals surface area contributed by atoms with Crippen molar-refractivity contribution in [3.8, 4) is 0 Å². The smallest absolute Gasteiger partial charge is 0.161 e. The Morgan fingerprint density at radius 3 is 2.75 bits per heavy atom. The van der Waals surface area contributed by atoms with E-state index in [1.165, 1.54) is 0 Å². The first-order valence-electron chi connectivity index (χ1n) is 5.90. The lowest BCUT2D eigenvalue weighted by Crippen LogP contribution is -2.75. The molecule has 0 aromatic carbocycles. The SMILES string of the molecule is COC[C@]1(CO)C(=O)[C@@H]2CCN1C(C)(C)C2. The van der Waals surface area contributed by atoms with Crippen molar-refractivity contribution in [2.45, 2.75) is 37.8 Å². The standard InChI is InChI=1S/C12H21NO3/c1-11(2)6-9-4-5-13(11)12(7-14,8-16-3)10(9)15/h9,14H,4-8H2,1-3H3/t9-,12-/m1/s1. The summed E-state index contributed by atoms with van der Waals surface area (Å²) in [5.41, 5.74) is -0.808. The summed E-state index contributed by atoms with van der Waals surface area (Å²) >= 11 is 0. The minimum Gasteiger partial charge on any atom is -0.394 e. The van der Waals surface area contributed by atoms with Gasteiger partial charge in [-0.25, -0.2) is 0 Å². The monoisotopic (exact) mass is 227 g/mol. The predicted octanol–water partition coefficient (Wildman–Crippen LogP) is 0.437. The van der Waals surface area contributed by atoms with Crippen molar-refractivity contribution in [3.63, 3.8) is 0 Å². The minimum absolute atomic E-state index is 0.0158. The third kappa shape index (κ3) is 1.44. The molecule has 0 amide bonds. The molecule has 4 nitrogen and oxygen atoms in total. The van der Waals surface area contributed by atoms with Crippen LogP contribution in [0, 0.1) is 5.92 Å². The van der Waals surface area contributed by atoms with Crippen LogP contribution in [-0.4, -0.2) is 53.7 Å². The van der Waals surface area contributed by atoms with E-state index in [1.807, 2.05) is 0 Å². The molecule has 0 aromatic heterocycles. The number of ketones is 1. The van der Waals surface area contributed by atoms with Gasteiger partial charge in [0.25, 0.3) is 0 Å². The second kappa shape index (κ2) is 3.79. The highest BCUT2D eigenvalue weighted by atomic mass is 16.5. The summed E-state index contributed by atoms with van der Waals surface area (Å²) in [6, 6.07) is 0. The van der Waals surface area contributed by atoms with Crippen molar-refractivity contribution in [1.29, 1.82) is 0 Å². The fourth-order valence-electron chi connectivity index (χ4n) is 3.53. The minimum atomic E-state index is -0.792. The summed E-state index contributed by atoms with van der Waals surface area (Å²) < 4.78 is 5.17. The molecule has 3 saturated heterocycles. The Balaban J connectivity index is 2.39. The molecule has 2 bridgehead atoms. The van der Waals surface area contributed by atoms with Gasteiger partial charge in [0, 0.05) is 25.1 Å². The number of rotatable bonds is 3. The van der Waals surface area contributed by atoms with Gasteiger partial charge in [-0.3, -0.25) is 9.69 Å². The van der Waals surface area contributed by atoms with Crippen molar-refractivity contribution < 1.29 is 14.6 Å². The van der Waals surface area contributed by atoms with E-state index >= 15 is 0 Å². The molecule has 16 heavy (non-hydrogen) atoms. The Labute approximate surface area is 96.6 Å². The highest BCUT2D eigenvalue weighted by Crippen LogP contribution is 2.45. The van der Waals surface area contributed by atoms with Gasteiger partial charge in [-0.05, 0) is 26.7 Å². The van der Waals surface area contributed by atoms with Crippen molar-refractivity contribution in [2.75, 3.05) is 26.9 Å². The number of hydrogen-bond donors (Lipinski definition) is 1. The molecule has 4 heteroatoms. The zero-order chi connectivity index (χ0) is 12.0. The Morgan fingerprint density at radius 2 is 2.25 bits per heavy atom. The lowest BCUT2D eigenvalue weighted by Gasteiger charge is -2.59. The van der Waals surface area contributed by atoms with Gasteiger partial charge < -0.3 is 9.84 Å². The highest BCUT2D eigenvalue weighted by Gasteiger charge is 2.59. The van der Waals surface area contributed by atoms with E-state index in [0.29, 0.717) is 6.61 Å². The number of hydrogen-bond acceptors (Lipinski definition) is 4. The topological polar surface area (TPSA) is 49.8 Å². The number of piperidine rings is 3. The summed E-state index contributed by atoms with van der Waals surface area (Å²) in [6.45, 7) is 5.33. The Bertz CT molecular complexity index is 303. The molecule has 1 N–H and O–H groups in total. The second-order valence-corrected chi connectivity index (χ2v) is 5.64. The predicted molar refractivity (Wildman–Crippen MR) is 60.2 cm³/mol. The van der Waals surface area contributed by atoms with E-state index in [1.54, 1.807) is 7.11 Å². The van der Waals surface area contributed by atoms with Crippen LogP contribution in [0.15, 0.2) is 0 Å². The molecule has 0 aromatic rings. The average Bonchev–Trinajstić information content (AvgIpc) is 2.23. The van der Waals surface area contributed by atoms with Crippen molar-refractivity contribution in [2.24, 2.45) is 5.92 Å². The van der Waals surface area contributed by atoms with Crippen LogP contribution in [0.1, 0.15) is 26.7 Å². The van der Waals surface area contributed by atoms with Crippen LogP contribution in [0.2, 0.25) is 0 Å². The number of nitrogens with zero attached hydrogens (tertiary/aromatic N) is 1. The first-order chi connectivity index (χ1) is 7.48. The third-order valence-electron chi connectivity index (χ3n) is 4.17. The Hall–Kier alpha value is -0.450. The summed E-state index contributed by atoms with van der Waals surface area (Å²) in [5.74, 6) is 0.268. The first-order valence-corrected chi connectivity index (χ1v) is 5.90. The average molecular weight is 227 g/mol. The van der Waals surface area contributed by atoms with E-state index in [-0.39, 0.29) is 23.8 Å². The Kier molecular flexibility index (Phi) is 2.85. The van der Waals surface area contributed by atoms with Crippen LogP contribution in [0.3, 0.4) is 0 Å². The summed E-state index contributed by atoms with van der Waals surface area (Å²) in [6.07, 6.45) is 1.82. The van der Waals surface area contributed by atoms with Gasteiger partial charge in [0.05, 0.1) is 13.2 Å². The molecule has 3 atom stereocenters. The molecule has 0 saturated carbocycles. The number of ether oxygens (including phenoxy) is 1. The van der Waals surface area contributed by atoms with E-state index in [9.17, 15) is 9.90 Å². The molecule has 3 heterocycles. The third-order valence-corrected chi connectivity index (χ3v) is 4.17. The lowest BCUT2D eigenvalue weighted by atomic mass is 9.66. The van der Waals surface area contributed by atoms with E-state index < -0.39 is 5.54 Å². The first kappa shape index (κ1) is 12.0. The summed E-state index contributed by atoms with van der Waals surface area (Å²) in [5, 5.41) is 9.65. The molecule has 0 spiro atoms. The van der Waals surface area contributed by atoms with Crippen LogP contribution >= 0.6 is 0 Å². The maximum absolute atomic E-state index is 12.3. The van der Waals surface area contributed by atoms with E-state index in [4.69, 9.17) is 4.74 Å². The van der Waals surface area contributed by atoms with Gasteiger partial charge in [0.2, 0.25) is 0 Å². The van der Waals surface area contributed by atoms with Crippen LogP contribution in [-0.2, 0) is 9.53 Å². The highest BCUT2D eigenvalue weighted by molar-refractivity contribution is 5.92. The van der Waals surface area contributed by atoms with Crippen LogP contribution in [0.25, 0.3) is 0 Å². The molecule has 3 rings (SSSR count). The van der Waals surface area contributed by atoms with Crippen LogP contribution in [0.5, 0.6) is 0 Å². The molecule has 3 aliphatic heterocycles. The molecular weight excluding hydrogens is 206 g/mol. The molecule has 3 fully saturated rings. The number of fused-ring (bicyclic) bond motifs is 3. The molecular formula is C12H21NO3. The zero-order valence-corrected chi connectivity index (χ0v) is 10.3. The van der Waals surface area contributed by atoms with E-state index in [0.717, 1.165) is 19.4 Å². The van der Waals surface area contributed by atoms with Crippen molar-refractivity contribution in [1.82, 2.24) is 4.90 Å². The molecule has 0 aliphatic carbocycles. The van der Waals surface area contributed by atoms with Gasteiger partial charge in [-0.15, -0.1) is 0 Å². The van der Waals surface area contributed by atoms with Crippen molar-refractivity contribution >= 4 is 5.78 Å². The Morgan fingerprint density at radius 1 is 1.56 bits per heavy atom. The number of aliphatic hydroxyl groups excluding tert-OH is 1. The van der Waals surface area contributed by atoms with Crippen LogP contribution in [0.4, 0.5) is 0 Å². The normalized spacial score (nSPS) is 41.4.